The summed E-state index contributed by atoms with van der Waals surface area (Å²) in [6, 6.07) is 5.97. The molecule has 1 spiro atoms. The summed E-state index contributed by atoms with van der Waals surface area (Å²) in [4.78, 5) is 20.8. The molecule has 0 N–H and O–H groups in total. The van der Waals surface area contributed by atoms with E-state index >= 15 is 0 Å². The number of piperidine rings is 1. The SMILES string of the molecule is Cn1cc(N2CC3(CCN(c4ccccn4)CC3)OCC2=O)cn1. The Labute approximate surface area is 140 Å². The Hall–Kier alpha value is -2.41. The molecule has 0 aliphatic carbocycles. The van der Waals surface area contributed by atoms with Crippen LogP contribution in [0.4, 0.5) is 11.5 Å². The fourth-order valence-electron chi connectivity index (χ4n) is 3.48. The zero-order chi connectivity index (χ0) is 16.6. The van der Waals surface area contributed by atoms with Gasteiger partial charge >= 0.3 is 0 Å². The molecule has 0 unspecified atom stereocenters. The zero-order valence-electron chi connectivity index (χ0n) is 13.8. The largest absolute Gasteiger partial charge is 0.363 e. The van der Waals surface area contributed by atoms with Gasteiger partial charge in [0.05, 0.1) is 24.0 Å². The molecule has 4 heterocycles. The van der Waals surface area contributed by atoms with Crippen molar-refractivity contribution in [3.05, 3.63) is 36.8 Å². The molecule has 0 saturated carbocycles. The molecule has 2 aliphatic rings. The monoisotopic (exact) mass is 327 g/mol. The zero-order valence-corrected chi connectivity index (χ0v) is 13.8. The standard InChI is InChI=1S/C17H21N5O2/c1-20-11-14(10-19-20)22-13-17(24-12-16(22)23)5-8-21(9-6-17)15-4-2-3-7-18-15/h2-4,7,10-11H,5-6,8-9,12-13H2,1H3. The lowest BCUT2D eigenvalue weighted by atomic mass is 9.89. The van der Waals surface area contributed by atoms with Crippen LogP contribution in [0.25, 0.3) is 0 Å². The lowest BCUT2D eigenvalue weighted by Crippen LogP contribution is -2.59. The third-order valence-electron chi connectivity index (χ3n) is 4.90. The van der Waals surface area contributed by atoms with Crippen molar-refractivity contribution >= 4 is 17.4 Å². The van der Waals surface area contributed by atoms with Gasteiger partial charge in [-0.3, -0.25) is 9.48 Å². The number of ether oxygens (including phenoxy) is 1. The van der Waals surface area contributed by atoms with Crippen LogP contribution < -0.4 is 9.80 Å². The van der Waals surface area contributed by atoms with Crippen LogP contribution in [0.2, 0.25) is 0 Å². The summed E-state index contributed by atoms with van der Waals surface area (Å²) < 4.78 is 7.71. The van der Waals surface area contributed by atoms with Crippen molar-refractivity contribution in [3.63, 3.8) is 0 Å². The Bertz CT molecular complexity index is 722. The van der Waals surface area contributed by atoms with E-state index in [4.69, 9.17) is 4.74 Å². The average molecular weight is 327 g/mol. The van der Waals surface area contributed by atoms with Gasteiger partial charge in [-0.05, 0) is 25.0 Å². The van der Waals surface area contributed by atoms with E-state index in [1.165, 1.54) is 0 Å². The topological polar surface area (TPSA) is 63.5 Å². The molecule has 126 valence electrons. The molecule has 2 saturated heterocycles. The van der Waals surface area contributed by atoms with Gasteiger partial charge in [-0.25, -0.2) is 4.98 Å². The molecule has 7 nitrogen and oxygen atoms in total. The van der Waals surface area contributed by atoms with Gasteiger partial charge < -0.3 is 14.5 Å². The van der Waals surface area contributed by atoms with Crippen molar-refractivity contribution in [1.29, 1.82) is 0 Å². The molecule has 4 rings (SSSR count). The van der Waals surface area contributed by atoms with Crippen LogP contribution in [-0.2, 0) is 16.6 Å². The molecule has 7 heteroatoms. The number of hydrogen-bond donors (Lipinski definition) is 0. The molecule has 2 fully saturated rings. The second-order valence-electron chi connectivity index (χ2n) is 6.50. The van der Waals surface area contributed by atoms with E-state index in [0.717, 1.165) is 37.4 Å². The number of carbonyl (C=O) groups excluding carboxylic acids is 1. The van der Waals surface area contributed by atoms with E-state index in [2.05, 4.69) is 15.0 Å². The molecule has 0 bridgehead atoms. The minimum absolute atomic E-state index is 0.000723. The summed E-state index contributed by atoms with van der Waals surface area (Å²) in [6.45, 7) is 2.49. The number of aryl methyl sites for hydroxylation is 1. The van der Waals surface area contributed by atoms with Crippen LogP contribution >= 0.6 is 0 Å². The number of morpholine rings is 1. The van der Waals surface area contributed by atoms with Crippen molar-refractivity contribution in [2.24, 2.45) is 7.05 Å². The van der Waals surface area contributed by atoms with Crippen molar-refractivity contribution in [3.8, 4) is 0 Å². The quantitative estimate of drug-likeness (QED) is 0.830. The maximum Gasteiger partial charge on any atom is 0.253 e. The second kappa shape index (κ2) is 5.90. The molecule has 0 atom stereocenters. The van der Waals surface area contributed by atoms with Gasteiger partial charge in [-0.2, -0.15) is 5.10 Å². The predicted octanol–water partition coefficient (Wildman–Crippen LogP) is 1.22. The van der Waals surface area contributed by atoms with Crippen LogP contribution in [-0.4, -0.2) is 52.5 Å². The van der Waals surface area contributed by atoms with Gasteiger partial charge in [0.1, 0.15) is 12.4 Å². The Balaban J connectivity index is 1.47. The molecule has 24 heavy (non-hydrogen) atoms. The summed E-state index contributed by atoms with van der Waals surface area (Å²) in [6.07, 6.45) is 7.20. The number of pyridine rings is 1. The number of rotatable bonds is 2. The summed E-state index contributed by atoms with van der Waals surface area (Å²) in [7, 11) is 1.86. The summed E-state index contributed by atoms with van der Waals surface area (Å²) in [5.74, 6) is 1.00. The third kappa shape index (κ3) is 2.75. The number of hydrogen-bond acceptors (Lipinski definition) is 5. The van der Waals surface area contributed by atoms with Crippen LogP contribution in [0.5, 0.6) is 0 Å². The number of aromatic nitrogens is 3. The number of amides is 1. The van der Waals surface area contributed by atoms with Gasteiger partial charge in [0.2, 0.25) is 0 Å². The highest BCUT2D eigenvalue weighted by atomic mass is 16.5. The molecule has 0 radical (unpaired) electrons. The first-order chi connectivity index (χ1) is 11.7. The maximum absolute atomic E-state index is 12.3. The second-order valence-corrected chi connectivity index (χ2v) is 6.50. The lowest BCUT2D eigenvalue weighted by molar-refractivity contribution is -0.141. The van der Waals surface area contributed by atoms with E-state index < -0.39 is 0 Å². The Kier molecular flexibility index (Phi) is 3.72. The molecule has 2 aromatic rings. The first-order valence-corrected chi connectivity index (χ1v) is 8.24. The number of anilines is 2. The van der Waals surface area contributed by atoms with Gasteiger partial charge in [-0.1, -0.05) is 6.07 Å². The molecule has 0 aromatic carbocycles. The van der Waals surface area contributed by atoms with Gasteiger partial charge in [0, 0.05) is 32.5 Å². The highest BCUT2D eigenvalue weighted by Crippen LogP contribution is 2.33. The van der Waals surface area contributed by atoms with Crippen molar-refractivity contribution in [2.75, 3.05) is 36.0 Å². The number of nitrogens with zero attached hydrogens (tertiary/aromatic N) is 5. The summed E-state index contributed by atoms with van der Waals surface area (Å²) in [5.41, 5.74) is 0.576. The predicted molar refractivity (Wildman–Crippen MR) is 89.9 cm³/mol. The smallest absolute Gasteiger partial charge is 0.253 e. The Morgan fingerprint density at radius 3 is 2.75 bits per heavy atom. The van der Waals surface area contributed by atoms with Crippen molar-refractivity contribution in [2.45, 2.75) is 18.4 Å². The minimum atomic E-state index is -0.269. The first-order valence-electron chi connectivity index (χ1n) is 8.24. The summed E-state index contributed by atoms with van der Waals surface area (Å²) >= 11 is 0. The minimum Gasteiger partial charge on any atom is -0.363 e. The summed E-state index contributed by atoms with van der Waals surface area (Å²) in [5, 5.41) is 4.18. The Morgan fingerprint density at radius 2 is 2.08 bits per heavy atom. The van der Waals surface area contributed by atoms with E-state index in [-0.39, 0.29) is 18.1 Å². The van der Waals surface area contributed by atoms with E-state index in [9.17, 15) is 4.79 Å². The van der Waals surface area contributed by atoms with E-state index in [0.29, 0.717) is 6.54 Å². The average Bonchev–Trinajstić information content (AvgIpc) is 3.05. The van der Waals surface area contributed by atoms with Gasteiger partial charge in [0.25, 0.3) is 5.91 Å². The van der Waals surface area contributed by atoms with Crippen LogP contribution in [0.15, 0.2) is 36.8 Å². The van der Waals surface area contributed by atoms with Crippen molar-refractivity contribution < 1.29 is 9.53 Å². The third-order valence-corrected chi connectivity index (χ3v) is 4.90. The van der Waals surface area contributed by atoms with E-state index in [1.54, 1.807) is 10.9 Å². The lowest BCUT2D eigenvalue weighted by Gasteiger charge is -2.46. The van der Waals surface area contributed by atoms with Crippen LogP contribution in [0, 0.1) is 0 Å². The molecule has 2 aliphatic heterocycles. The molecule has 1 amide bonds. The fraction of sp³-hybridized carbons (Fsp3) is 0.471. The first kappa shape index (κ1) is 15.1. The van der Waals surface area contributed by atoms with E-state index in [1.807, 2.05) is 42.5 Å². The molecular formula is C17H21N5O2. The highest BCUT2D eigenvalue weighted by molar-refractivity contribution is 5.94. The van der Waals surface area contributed by atoms with Crippen LogP contribution in [0.1, 0.15) is 12.8 Å². The fourth-order valence-corrected chi connectivity index (χ4v) is 3.48. The Morgan fingerprint density at radius 1 is 1.25 bits per heavy atom. The number of carbonyl (C=O) groups is 1. The van der Waals surface area contributed by atoms with Crippen molar-refractivity contribution in [1.82, 2.24) is 14.8 Å². The van der Waals surface area contributed by atoms with Crippen LogP contribution in [0.3, 0.4) is 0 Å². The highest BCUT2D eigenvalue weighted by Gasteiger charge is 2.43. The molecular weight excluding hydrogens is 306 g/mol. The van der Waals surface area contributed by atoms with Gasteiger partial charge in [-0.15, -0.1) is 0 Å². The maximum atomic E-state index is 12.3. The normalized spacial score (nSPS) is 20.6. The van der Waals surface area contributed by atoms with Gasteiger partial charge in [0.15, 0.2) is 0 Å². The molecule has 2 aromatic heterocycles.